The van der Waals surface area contributed by atoms with Gasteiger partial charge in [-0.15, -0.1) is 0 Å². The number of para-hydroxylation sites is 1. The normalized spacial score (nSPS) is 15.4. The molecule has 0 spiro atoms. The third-order valence-corrected chi connectivity index (χ3v) is 4.31. The maximum Gasteiger partial charge on any atom is 0.297 e. The van der Waals surface area contributed by atoms with E-state index < -0.39 is 12.2 Å². The Morgan fingerprint density at radius 2 is 1.96 bits per heavy atom. The van der Waals surface area contributed by atoms with Crippen molar-refractivity contribution in [3.8, 4) is 0 Å². The van der Waals surface area contributed by atoms with E-state index in [2.05, 4.69) is 31.0 Å². The fourth-order valence-corrected chi connectivity index (χ4v) is 3.03. The molecule has 3 heterocycles. The highest BCUT2D eigenvalue weighted by molar-refractivity contribution is 9.10. The molecule has 23 heavy (non-hydrogen) atoms. The van der Waals surface area contributed by atoms with Crippen LogP contribution in [0.5, 0.6) is 0 Å². The van der Waals surface area contributed by atoms with Crippen molar-refractivity contribution in [3.63, 3.8) is 0 Å². The molecule has 0 aliphatic carbocycles. The Bertz CT molecular complexity index is 860. The Hall–Kier alpha value is -2.09. The summed E-state index contributed by atoms with van der Waals surface area (Å²) in [6.45, 7) is 1.36. The van der Waals surface area contributed by atoms with Crippen LogP contribution in [0.4, 0.5) is 14.6 Å². The van der Waals surface area contributed by atoms with E-state index in [1.165, 1.54) is 0 Å². The van der Waals surface area contributed by atoms with Crippen molar-refractivity contribution < 1.29 is 8.78 Å². The number of hydrogen-bond donors (Lipinski definition) is 0. The van der Waals surface area contributed by atoms with Gasteiger partial charge in [-0.05, 0) is 28.1 Å². The minimum Gasteiger partial charge on any atom is -0.352 e. The highest BCUT2D eigenvalue weighted by Crippen LogP contribution is 2.33. The van der Waals surface area contributed by atoms with E-state index in [1.54, 1.807) is 18.3 Å². The van der Waals surface area contributed by atoms with Crippen LogP contribution >= 0.6 is 15.9 Å². The summed E-state index contributed by atoms with van der Waals surface area (Å²) in [7, 11) is 0. The van der Waals surface area contributed by atoms with Crippen molar-refractivity contribution in [2.45, 2.75) is 12.5 Å². The van der Waals surface area contributed by atoms with E-state index >= 15 is 0 Å². The average Bonchev–Trinajstić information content (AvgIpc) is 2.91. The molecule has 8 heteroatoms. The van der Waals surface area contributed by atoms with Gasteiger partial charge < -0.3 is 4.90 Å². The molecule has 5 nitrogen and oxygen atoms in total. The minimum atomic E-state index is -2.68. The first-order valence-corrected chi connectivity index (χ1v) is 7.90. The van der Waals surface area contributed by atoms with Gasteiger partial charge in [0.1, 0.15) is 5.82 Å². The number of aromatic nitrogens is 4. The summed E-state index contributed by atoms with van der Waals surface area (Å²) >= 11 is 3.37. The molecule has 118 valence electrons. The lowest BCUT2D eigenvalue weighted by molar-refractivity contribution is 0.140. The molecular formula is C15H12BrF2N5. The highest BCUT2D eigenvalue weighted by Gasteiger charge is 2.31. The first kappa shape index (κ1) is 14.5. The molecule has 1 fully saturated rings. The van der Waals surface area contributed by atoms with Crippen LogP contribution in [0.1, 0.15) is 18.3 Å². The number of anilines is 1. The number of rotatable bonds is 3. The van der Waals surface area contributed by atoms with Gasteiger partial charge in [0.2, 0.25) is 0 Å². The quantitative estimate of drug-likeness (QED) is 0.697. The van der Waals surface area contributed by atoms with Crippen LogP contribution in [-0.4, -0.2) is 32.8 Å². The largest absolute Gasteiger partial charge is 0.352 e. The number of halogens is 3. The fourth-order valence-electron chi connectivity index (χ4n) is 2.73. The smallest absolute Gasteiger partial charge is 0.297 e. The summed E-state index contributed by atoms with van der Waals surface area (Å²) in [6, 6.07) is 7.45. The lowest BCUT2D eigenvalue weighted by Crippen LogP contribution is -2.48. The predicted molar refractivity (Wildman–Crippen MR) is 85.7 cm³/mol. The van der Waals surface area contributed by atoms with Crippen molar-refractivity contribution in [3.05, 3.63) is 47.0 Å². The third-order valence-electron chi connectivity index (χ3n) is 3.90. The maximum absolute atomic E-state index is 13.0. The summed E-state index contributed by atoms with van der Waals surface area (Å²) in [6.07, 6.45) is 0.958. The van der Waals surface area contributed by atoms with Gasteiger partial charge in [0.25, 0.3) is 6.43 Å². The zero-order chi connectivity index (χ0) is 16.0. The van der Waals surface area contributed by atoms with Crippen molar-refractivity contribution >= 4 is 32.7 Å². The molecule has 0 amide bonds. The van der Waals surface area contributed by atoms with Gasteiger partial charge in [0.15, 0.2) is 5.82 Å². The van der Waals surface area contributed by atoms with E-state index in [0.29, 0.717) is 24.4 Å². The standard InChI is InChI=1S/C15H12BrF2N5/c16-9-5-19-23(6-9)10-7-22(8-10)15-11-3-1-2-4-12(11)20-14(21-15)13(17)18/h1-6,10,13H,7-8H2. The third kappa shape index (κ3) is 2.56. The number of hydrogen-bond acceptors (Lipinski definition) is 4. The Kier molecular flexibility index (Phi) is 3.48. The molecule has 1 aliphatic rings. The molecule has 1 aliphatic heterocycles. The van der Waals surface area contributed by atoms with Crippen LogP contribution in [0.15, 0.2) is 41.1 Å². The molecule has 0 radical (unpaired) electrons. The molecule has 0 unspecified atom stereocenters. The van der Waals surface area contributed by atoms with E-state index in [1.807, 2.05) is 27.9 Å². The first-order valence-electron chi connectivity index (χ1n) is 7.11. The molecule has 3 aromatic rings. The number of alkyl halides is 2. The second kappa shape index (κ2) is 5.52. The molecule has 0 atom stereocenters. The molecular weight excluding hydrogens is 368 g/mol. The van der Waals surface area contributed by atoms with Crippen LogP contribution < -0.4 is 4.90 Å². The van der Waals surface area contributed by atoms with E-state index in [9.17, 15) is 8.78 Å². The number of nitrogens with zero attached hydrogens (tertiary/aromatic N) is 5. The zero-order valence-corrected chi connectivity index (χ0v) is 13.5. The van der Waals surface area contributed by atoms with Crippen molar-refractivity contribution in [1.82, 2.24) is 19.7 Å². The van der Waals surface area contributed by atoms with Gasteiger partial charge in [-0.25, -0.2) is 18.7 Å². The number of benzene rings is 1. The van der Waals surface area contributed by atoms with Gasteiger partial charge >= 0.3 is 0 Å². The zero-order valence-electron chi connectivity index (χ0n) is 11.9. The van der Waals surface area contributed by atoms with Crippen LogP contribution in [-0.2, 0) is 0 Å². The molecule has 2 aromatic heterocycles. The lowest BCUT2D eigenvalue weighted by atomic mass is 10.1. The summed E-state index contributed by atoms with van der Waals surface area (Å²) in [5.41, 5.74) is 0.540. The molecule has 0 N–H and O–H groups in total. The van der Waals surface area contributed by atoms with Crippen LogP contribution in [0.3, 0.4) is 0 Å². The average molecular weight is 380 g/mol. The monoisotopic (exact) mass is 379 g/mol. The minimum absolute atomic E-state index is 0.213. The first-order chi connectivity index (χ1) is 11.1. The van der Waals surface area contributed by atoms with E-state index in [4.69, 9.17) is 0 Å². The fraction of sp³-hybridized carbons (Fsp3) is 0.267. The predicted octanol–water partition coefficient (Wildman–Crippen LogP) is 3.59. The molecule has 4 rings (SSSR count). The number of fused-ring (bicyclic) bond motifs is 1. The van der Waals surface area contributed by atoms with Gasteiger partial charge in [-0.3, -0.25) is 4.68 Å². The lowest BCUT2D eigenvalue weighted by Gasteiger charge is -2.40. The van der Waals surface area contributed by atoms with E-state index in [0.717, 1.165) is 9.86 Å². The van der Waals surface area contributed by atoms with Crippen LogP contribution in [0.2, 0.25) is 0 Å². The Labute approximate surface area is 139 Å². The molecule has 0 saturated carbocycles. The summed E-state index contributed by atoms with van der Waals surface area (Å²) in [5.74, 6) is 0.136. The van der Waals surface area contributed by atoms with Crippen molar-refractivity contribution in [2.75, 3.05) is 18.0 Å². The Balaban J connectivity index is 1.66. The van der Waals surface area contributed by atoms with E-state index in [-0.39, 0.29) is 6.04 Å². The van der Waals surface area contributed by atoms with Crippen molar-refractivity contribution in [1.29, 1.82) is 0 Å². The Morgan fingerprint density at radius 1 is 1.17 bits per heavy atom. The highest BCUT2D eigenvalue weighted by atomic mass is 79.9. The molecule has 1 aromatic carbocycles. The van der Waals surface area contributed by atoms with Crippen molar-refractivity contribution in [2.24, 2.45) is 0 Å². The maximum atomic E-state index is 13.0. The summed E-state index contributed by atoms with van der Waals surface area (Å²) < 4.78 is 28.9. The Morgan fingerprint density at radius 3 is 2.65 bits per heavy atom. The SMILES string of the molecule is FC(F)c1nc(N2CC(n3cc(Br)cn3)C2)c2ccccc2n1. The van der Waals surface area contributed by atoms with Gasteiger partial charge in [0, 0.05) is 24.7 Å². The van der Waals surface area contributed by atoms with Crippen LogP contribution in [0.25, 0.3) is 10.9 Å². The van der Waals surface area contributed by atoms with Gasteiger partial charge in [-0.2, -0.15) is 5.10 Å². The molecule has 1 saturated heterocycles. The van der Waals surface area contributed by atoms with Crippen LogP contribution in [0, 0.1) is 0 Å². The summed E-state index contributed by atoms with van der Waals surface area (Å²) in [5, 5.41) is 5.05. The second-order valence-electron chi connectivity index (χ2n) is 5.42. The topological polar surface area (TPSA) is 46.8 Å². The second-order valence-corrected chi connectivity index (χ2v) is 6.34. The molecule has 0 bridgehead atoms. The van der Waals surface area contributed by atoms with Gasteiger partial charge in [-0.1, -0.05) is 12.1 Å². The van der Waals surface area contributed by atoms with Gasteiger partial charge in [0.05, 0.1) is 22.2 Å². The summed E-state index contributed by atoms with van der Waals surface area (Å²) in [4.78, 5) is 10.0.